The lowest BCUT2D eigenvalue weighted by Crippen LogP contribution is -2.07. The Morgan fingerprint density at radius 1 is 0.964 bits per heavy atom. The molecular weight excluding hydrogens is 367 g/mol. The molecule has 0 bridgehead atoms. The molecule has 3 nitrogen and oxygen atoms in total. The van der Waals surface area contributed by atoms with Crippen molar-refractivity contribution in [2.24, 2.45) is 0 Å². The van der Waals surface area contributed by atoms with Crippen molar-refractivity contribution in [3.63, 3.8) is 0 Å². The van der Waals surface area contributed by atoms with Gasteiger partial charge in [0.2, 0.25) is 0 Å². The number of alkyl halides is 3. The number of benzene rings is 2. The van der Waals surface area contributed by atoms with Crippen LogP contribution in [0.5, 0.6) is 5.75 Å². The summed E-state index contributed by atoms with van der Waals surface area (Å²) in [7, 11) is 0. The lowest BCUT2D eigenvalue weighted by molar-refractivity contribution is -0.135. The highest BCUT2D eigenvalue weighted by molar-refractivity contribution is 5.96. The predicted octanol–water partition coefficient (Wildman–Crippen LogP) is 6.12. The lowest BCUT2D eigenvalue weighted by atomic mass is 10.0. The Morgan fingerprint density at radius 3 is 2.61 bits per heavy atom. The van der Waals surface area contributed by atoms with Crippen LogP contribution in [-0.4, -0.2) is 16.9 Å². The molecule has 0 fully saturated rings. The van der Waals surface area contributed by atoms with E-state index in [4.69, 9.17) is 4.74 Å². The van der Waals surface area contributed by atoms with E-state index < -0.39 is 12.6 Å². The molecule has 3 rings (SSSR count). The maximum Gasteiger partial charge on any atom is 0.389 e. The summed E-state index contributed by atoms with van der Waals surface area (Å²) >= 11 is 0. The summed E-state index contributed by atoms with van der Waals surface area (Å²) in [5, 5.41) is 1.05. The Bertz CT molecular complexity index is 954. The van der Waals surface area contributed by atoms with E-state index in [0.29, 0.717) is 11.3 Å². The largest absolute Gasteiger partial charge is 0.487 e. The number of Topliss-reactive ketones (excluding diaryl/α,β-unsaturated/α-hetero) is 1. The van der Waals surface area contributed by atoms with Crippen LogP contribution in [0.3, 0.4) is 0 Å². The minimum atomic E-state index is -4.17. The minimum Gasteiger partial charge on any atom is -0.487 e. The van der Waals surface area contributed by atoms with Crippen LogP contribution in [0, 0.1) is 0 Å². The zero-order chi connectivity index (χ0) is 20.0. The highest BCUT2D eigenvalue weighted by atomic mass is 19.4. The molecule has 28 heavy (non-hydrogen) atoms. The standard InChI is InChI=1S/C22H20F3NO2/c23-22(24,25)13-4-3-10-21(27)17-7-5-8-19(14-17)28-15-18-12-11-16-6-1-2-9-20(16)26-18/h1-2,5-9,11-12,14H,3-4,10,13,15H2. The summed E-state index contributed by atoms with van der Waals surface area (Å²) in [5.41, 5.74) is 2.09. The Hall–Kier alpha value is -2.89. The van der Waals surface area contributed by atoms with Gasteiger partial charge in [0, 0.05) is 23.8 Å². The first-order chi connectivity index (χ1) is 13.4. The van der Waals surface area contributed by atoms with Crippen LogP contribution >= 0.6 is 0 Å². The first-order valence-electron chi connectivity index (χ1n) is 9.08. The van der Waals surface area contributed by atoms with E-state index in [-0.39, 0.29) is 31.7 Å². The molecule has 1 aromatic heterocycles. The number of rotatable bonds is 8. The molecule has 0 N–H and O–H groups in total. The van der Waals surface area contributed by atoms with E-state index in [9.17, 15) is 18.0 Å². The molecule has 0 spiro atoms. The lowest BCUT2D eigenvalue weighted by Gasteiger charge is -2.09. The molecule has 0 aliphatic carbocycles. The van der Waals surface area contributed by atoms with Crippen LogP contribution in [0.2, 0.25) is 0 Å². The summed E-state index contributed by atoms with van der Waals surface area (Å²) < 4.78 is 42.2. The van der Waals surface area contributed by atoms with Crippen LogP contribution in [0.4, 0.5) is 13.2 Å². The fraction of sp³-hybridized carbons (Fsp3) is 0.273. The molecule has 6 heteroatoms. The first kappa shape index (κ1) is 19.9. The number of aromatic nitrogens is 1. The number of ketones is 1. The van der Waals surface area contributed by atoms with Crippen LogP contribution in [0.1, 0.15) is 41.7 Å². The molecule has 0 radical (unpaired) electrons. The average Bonchev–Trinajstić information content (AvgIpc) is 2.69. The molecule has 2 aromatic carbocycles. The van der Waals surface area contributed by atoms with E-state index in [1.165, 1.54) is 0 Å². The number of ether oxygens (including phenoxy) is 1. The second-order valence-corrected chi connectivity index (χ2v) is 6.56. The topological polar surface area (TPSA) is 39.2 Å². The van der Waals surface area contributed by atoms with E-state index in [1.807, 2.05) is 36.4 Å². The number of hydrogen-bond donors (Lipinski definition) is 0. The number of hydrogen-bond acceptors (Lipinski definition) is 3. The van der Waals surface area contributed by atoms with Gasteiger partial charge in [-0.25, -0.2) is 4.98 Å². The van der Waals surface area contributed by atoms with E-state index in [1.54, 1.807) is 24.3 Å². The quantitative estimate of drug-likeness (QED) is 0.345. The smallest absolute Gasteiger partial charge is 0.389 e. The molecule has 0 saturated heterocycles. The van der Waals surface area contributed by atoms with Crippen molar-refractivity contribution in [3.05, 3.63) is 71.9 Å². The van der Waals surface area contributed by atoms with Gasteiger partial charge < -0.3 is 4.74 Å². The maximum absolute atomic E-state index is 12.2. The molecule has 0 unspecified atom stereocenters. The fourth-order valence-corrected chi connectivity index (χ4v) is 2.86. The van der Waals surface area contributed by atoms with Gasteiger partial charge in [0.25, 0.3) is 0 Å². The van der Waals surface area contributed by atoms with Gasteiger partial charge in [-0.3, -0.25) is 4.79 Å². The van der Waals surface area contributed by atoms with Crippen molar-refractivity contribution in [1.82, 2.24) is 4.98 Å². The highest BCUT2D eigenvalue weighted by Gasteiger charge is 2.26. The summed E-state index contributed by atoms with van der Waals surface area (Å²) in [5.74, 6) is 0.340. The number of pyridine rings is 1. The second kappa shape index (κ2) is 8.87. The predicted molar refractivity (Wildman–Crippen MR) is 101 cm³/mol. The summed E-state index contributed by atoms with van der Waals surface area (Å²) in [6.45, 7) is 0.258. The van der Waals surface area contributed by atoms with Gasteiger partial charge in [-0.2, -0.15) is 13.2 Å². The van der Waals surface area contributed by atoms with Gasteiger partial charge >= 0.3 is 6.18 Å². The molecule has 3 aromatic rings. The summed E-state index contributed by atoms with van der Waals surface area (Å²) in [6.07, 6.45) is -4.77. The van der Waals surface area contributed by atoms with Gasteiger partial charge in [-0.05, 0) is 37.1 Å². The van der Waals surface area contributed by atoms with Crippen molar-refractivity contribution in [2.75, 3.05) is 0 Å². The summed E-state index contributed by atoms with van der Waals surface area (Å²) in [6, 6.07) is 18.3. The van der Waals surface area contributed by atoms with Crippen LogP contribution in [0.15, 0.2) is 60.7 Å². The Labute approximate surface area is 161 Å². The van der Waals surface area contributed by atoms with Crippen LogP contribution in [0.25, 0.3) is 10.9 Å². The average molecular weight is 387 g/mol. The van der Waals surface area contributed by atoms with Crippen molar-refractivity contribution in [1.29, 1.82) is 0 Å². The molecule has 0 saturated carbocycles. The fourth-order valence-electron chi connectivity index (χ4n) is 2.86. The van der Waals surface area contributed by atoms with Crippen LogP contribution < -0.4 is 4.74 Å². The maximum atomic E-state index is 12.2. The zero-order valence-corrected chi connectivity index (χ0v) is 15.2. The van der Waals surface area contributed by atoms with Gasteiger partial charge in [-0.1, -0.05) is 36.4 Å². The first-order valence-corrected chi connectivity index (χ1v) is 9.08. The molecule has 0 atom stereocenters. The number of para-hydroxylation sites is 1. The van der Waals surface area contributed by atoms with Crippen LogP contribution in [-0.2, 0) is 6.61 Å². The molecule has 0 amide bonds. The van der Waals surface area contributed by atoms with Crippen molar-refractivity contribution in [3.8, 4) is 5.75 Å². The Balaban J connectivity index is 1.55. The second-order valence-electron chi connectivity index (χ2n) is 6.56. The number of unbranched alkanes of at least 4 members (excludes halogenated alkanes) is 1. The summed E-state index contributed by atoms with van der Waals surface area (Å²) in [4.78, 5) is 16.7. The van der Waals surface area contributed by atoms with E-state index in [0.717, 1.165) is 16.6 Å². The molecule has 0 aliphatic heterocycles. The Kier molecular flexibility index (Phi) is 6.29. The number of carbonyl (C=O) groups excluding carboxylic acids is 1. The van der Waals surface area contributed by atoms with Gasteiger partial charge in [0.1, 0.15) is 12.4 Å². The van der Waals surface area contributed by atoms with E-state index in [2.05, 4.69) is 4.98 Å². The highest BCUT2D eigenvalue weighted by Crippen LogP contribution is 2.23. The third kappa shape index (κ3) is 5.81. The van der Waals surface area contributed by atoms with Gasteiger partial charge in [0.05, 0.1) is 11.2 Å². The van der Waals surface area contributed by atoms with Gasteiger partial charge in [0.15, 0.2) is 5.78 Å². The van der Waals surface area contributed by atoms with Crippen molar-refractivity contribution < 1.29 is 22.7 Å². The number of fused-ring (bicyclic) bond motifs is 1. The minimum absolute atomic E-state index is 0.0426. The molecule has 0 aliphatic rings. The Morgan fingerprint density at radius 2 is 1.79 bits per heavy atom. The molecule has 146 valence electrons. The SMILES string of the molecule is O=C(CCCCC(F)(F)F)c1cccc(OCc2ccc3ccccc3n2)c1. The van der Waals surface area contributed by atoms with Gasteiger partial charge in [-0.15, -0.1) is 0 Å². The third-order valence-electron chi connectivity index (χ3n) is 4.31. The van der Waals surface area contributed by atoms with Crippen molar-refractivity contribution in [2.45, 2.75) is 38.5 Å². The monoisotopic (exact) mass is 387 g/mol. The third-order valence-corrected chi connectivity index (χ3v) is 4.31. The molecular formula is C22H20F3NO2. The van der Waals surface area contributed by atoms with Crippen molar-refractivity contribution >= 4 is 16.7 Å². The molecule has 1 heterocycles. The number of carbonyl (C=O) groups is 1. The number of halogens is 3. The number of nitrogens with zero attached hydrogens (tertiary/aromatic N) is 1. The van der Waals surface area contributed by atoms with E-state index >= 15 is 0 Å². The normalized spacial score (nSPS) is 11.5. The zero-order valence-electron chi connectivity index (χ0n) is 15.2.